The van der Waals surface area contributed by atoms with Crippen LogP contribution in [0, 0.1) is 13.8 Å². The highest BCUT2D eigenvalue weighted by Gasteiger charge is 2.07. The molecule has 0 fully saturated rings. The summed E-state index contributed by atoms with van der Waals surface area (Å²) < 4.78 is 18.9. The standard InChI is InChI=1S/2C11H21N2.BFO2/c2*1-4-5-6-7-8-13-10-9-12(3)11(13)2;2-1(3)4/h2*9-10H,4-8H2,1-3H3;/q2*+1;-2. The summed E-state index contributed by atoms with van der Waals surface area (Å²) in [4.78, 5) is 0. The highest BCUT2D eigenvalue weighted by Crippen LogP contribution is 2.00. The van der Waals surface area contributed by atoms with Gasteiger partial charge in [-0.3, -0.25) is 0 Å². The van der Waals surface area contributed by atoms with Gasteiger partial charge < -0.3 is 14.4 Å². The first kappa shape index (κ1) is 28.3. The van der Waals surface area contributed by atoms with Crippen molar-refractivity contribution in [3.63, 3.8) is 0 Å². The van der Waals surface area contributed by atoms with Gasteiger partial charge in [0.2, 0.25) is 0 Å². The van der Waals surface area contributed by atoms with Crippen LogP contribution in [0.15, 0.2) is 24.8 Å². The lowest BCUT2D eigenvalue weighted by Gasteiger charge is -2.09. The van der Waals surface area contributed by atoms with E-state index in [0.29, 0.717) is 0 Å². The Bertz CT molecular complexity index is 617. The molecule has 0 bridgehead atoms. The van der Waals surface area contributed by atoms with E-state index in [1.807, 2.05) is 0 Å². The predicted molar refractivity (Wildman–Crippen MR) is 116 cm³/mol. The van der Waals surface area contributed by atoms with E-state index in [1.54, 1.807) is 0 Å². The fourth-order valence-corrected chi connectivity index (χ4v) is 3.09. The van der Waals surface area contributed by atoms with Crippen molar-refractivity contribution in [2.75, 3.05) is 0 Å². The van der Waals surface area contributed by atoms with Gasteiger partial charge in [0.1, 0.15) is 32.2 Å². The van der Waals surface area contributed by atoms with Crippen LogP contribution in [0.4, 0.5) is 4.32 Å². The SMILES string of the molecule is CCCCCC[n+]1ccn(C)c1C.CCCCCC[n+]1ccn(C)c1C.[O-]B([O-])F. The first-order valence-corrected chi connectivity index (χ1v) is 11.2. The average molecular weight is 424 g/mol. The number of hydrogen-bond acceptors (Lipinski definition) is 2. The molecule has 30 heavy (non-hydrogen) atoms. The summed E-state index contributed by atoms with van der Waals surface area (Å²) in [6, 6.07) is 0. The van der Waals surface area contributed by atoms with Gasteiger partial charge >= 0.3 is 0 Å². The molecule has 2 rings (SSSR count). The second-order valence-electron chi connectivity index (χ2n) is 7.70. The molecular formula is C22H42BFN4O2. The molecule has 0 saturated carbocycles. The van der Waals surface area contributed by atoms with Crippen molar-refractivity contribution >= 4 is 7.40 Å². The molecule has 0 radical (unpaired) electrons. The Morgan fingerprint density at radius 2 is 1.10 bits per heavy atom. The Labute approximate surface area is 183 Å². The molecule has 0 aliphatic carbocycles. The minimum Gasteiger partial charge on any atom is -0.867 e. The van der Waals surface area contributed by atoms with E-state index in [1.165, 1.54) is 76.1 Å². The molecule has 0 spiro atoms. The summed E-state index contributed by atoms with van der Waals surface area (Å²) in [5.41, 5.74) is 0. The second kappa shape index (κ2) is 17.1. The topological polar surface area (TPSA) is 63.7 Å². The zero-order chi connectivity index (χ0) is 22.9. The van der Waals surface area contributed by atoms with Gasteiger partial charge in [-0.1, -0.05) is 39.5 Å². The fourth-order valence-electron chi connectivity index (χ4n) is 3.09. The minimum absolute atomic E-state index is 1.17. The van der Waals surface area contributed by atoms with Crippen molar-refractivity contribution in [3.8, 4) is 0 Å². The molecule has 8 heteroatoms. The zero-order valence-electron chi connectivity index (χ0n) is 19.9. The molecule has 0 aliphatic heterocycles. The number of aromatic nitrogens is 4. The highest BCUT2D eigenvalue weighted by molar-refractivity contribution is 6.27. The molecule has 0 N–H and O–H groups in total. The van der Waals surface area contributed by atoms with Crippen LogP contribution in [0.1, 0.15) is 76.9 Å². The predicted octanol–water partition coefficient (Wildman–Crippen LogP) is 2.06. The second-order valence-corrected chi connectivity index (χ2v) is 7.70. The normalized spacial score (nSPS) is 10.2. The van der Waals surface area contributed by atoms with Crippen molar-refractivity contribution in [3.05, 3.63) is 36.4 Å². The average Bonchev–Trinajstić information content (AvgIpc) is 3.19. The summed E-state index contributed by atoms with van der Waals surface area (Å²) in [5.74, 6) is 2.69. The first-order valence-electron chi connectivity index (χ1n) is 11.2. The largest absolute Gasteiger partial charge is 0.867 e. The van der Waals surface area contributed by atoms with Crippen LogP contribution >= 0.6 is 0 Å². The Hall–Kier alpha value is -1.67. The van der Waals surface area contributed by atoms with Crippen LogP contribution in [0.3, 0.4) is 0 Å². The molecule has 0 aromatic carbocycles. The van der Waals surface area contributed by atoms with Gasteiger partial charge in [-0.15, -0.1) is 0 Å². The monoisotopic (exact) mass is 424 g/mol. The van der Waals surface area contributed by atoms with E-state index in [9.17, 15) is 4.32 Å². The fraction of sp³-hybridized carbons (Fsp3) is 0.727. The van der Waals surface area contributed by atoms with E-state index in [4.69, 9.17) is 10.0 Å². The highest BCUT2D eigenvalue weighted by atomic mass is 19.1. The van der Waals surface area contributed by atoms with Gasteiger partial charge in [-0.25, -0.2) is 18.3 Å². The van der Waals surface area contributed by atoms with Gasteiger partial charge in [0.15, 0.2) is 0 Å². The molecule has 0 unspecified atom stereocenters. The first-order chi connectivity index (χ1) is 14.2. The Balaban J connectivity index is 0.000000477. The smallest absolute Gasteiger partial charge is 0.253 e. The lowest BCUT2D eigenvalue weighted by atomic mass is 10.2. The summed E-state index contributed by atoms with van der Waals surface area (Å²) in [7, 11) is 1.02. The third-order valence-electron chi connectivity index (χ3n) is 5.30. The Morgan fingerprint density at radius 1 is 0.767 bits per heavy atom. The number of nitrogens with zero attached hydrogens (tertiary/aromatic N) is 4. The van der Waals surface area contributed by atoms with Crippen molar-refractivity contribution in [1.82, 2.24) is 9.13 Å². The summed E-state index contributed by atoms with van der Waals surface area (Å²) in [6.07, 6.45) is 19.3. The van der Waals surface area contributed by atoms with Gasteiger partial charge in [-0.05, 0) is 25.7 Å². The van der Waals surface area contributed by atoms with E-state index in [0.717, 1.165) is 0 Å². The van der Waals surface area contributed by atoms with Crippen LogP contribution in [0.2, 0.25) is 0 Å². The molecule has 2 heterocycles. The Morgan fingerprint density at radius 3 is 1.33 bits per heavy atom. The van der Waals surface area contributed by atoms with Gasteiger partial charge in [0.25, 0.3) is 11.6 Å². The van der Waals surface area contributed by atoms with Crippen LogP contribution in [0.25, 0.3) is 0 Å². The maximum absolute atomic E-state index is 9.89. The number of hydrogen-bond donors (Lipinski definition) is 0. The van der Waals surface area contributed by atoms with Crippen LogP contribution in [0.5, 0.6) is 0 Å². The third kappa shape index (κ3) is 12.8. The number of imidazole rings is 2. The van der Waals surface area contributed by atoms with Crippen molar-refractivity contribution in [1.29, 1.82) is 0 Å². The quantitative estimate of drug-likeness (QED) is 0.333. The number of unbranched alkanes of at least 4 members (excludes halogenated alkanes) is 6. The summed E-state index contributed by atoms with van der Waals surface area (Å²) >= 11 is 0. The molecule has 0 aliphatic rings. The van der Waals surface area contributed by atoms with Crippen molar-refractivity contribution in [2.24, 2.45) is 14.1 Å². The molecule has 6 nitrogen and oxygen atoms in total. The van der Waals surface area contributed by atoms with E-state index in [2.05, 4.69) is 84.8 Å². The minimum atomic E-state index is -3.17. The number of aryl methyl sites for hydroxylation is 4. The number of rotatable bonds is 10. The molecule has 0 amide bonds. The molecule has 2 aromatic heterocycles. The van der Waals surface area contributed by atoms with E-state index < -0.39 is 7.40 Å². The number of halogens is 1. The lowest BCUT2D eigenvalue weighted by molar-refractivity contribution is -0.703. The lowest BCUT2D eigenvalue weighted by Crippen LogP contribution is -2.39. The third-order valence-corrected chi connectivity index (χ3v) is 5.30. The van der Waals surface area contributed by atoms with Gasteiger partial charge in [0, 0.05) is 13.8 Å². The van der Waals surface area contributed by atoms with Crippen molar-refractivity contribution < 1.29 is 23.5 Å². The molecular weight excluding hydrogens is 382 g/mol. The van der Waals surface area contributed by atoms with Crippen LogP contribution in [-0.4, -0.2) is 16.5 Å². The molecule has 172 valence electrons. The van der Waals surface area contributed by atoms with Gasteiger partial charge in [0.05, 0.1) is 27.2 Å². The maximum atomic E-state index is 9.89. The van der Waals surface area contributed by atoms with E-state index >= 15 is 0 Å². The summed E-state index contributed by atoms with van der Waals surface area (Å²) in [5, 5.41) is 16.6. The summed E-state index contributed by atoms with van der Waals surface area (Å²) in [6.45, 7) is 11.2. The molecule has 0 saturated heterocycles. The molecule has 0 atom stereocenters. The molecule has 2 aromatic rings. The van der Waals surface area contributed by atoms with Crippen LogP contribution < -0.4 is 19.2 Å². The van der Waals surface area contributed by atoms with Crippen LogP contribution in [-0.2, 0) is 27.2 Å². The van der Waals surface area contributed by atoms with Gasteiger partial charge in [-0.2, -0.15) is 0 Å². The maximum Gasteiger partial charge on any atom is 0.253 e. The van der Waals surface area contributed by atoms with E-state index in [-0.39, 0.29) is 0 Å². The zero-order valence-corrected chi connectivity index (χ0v) is 19.9. The Kier molecular flexibility index (Phi) is 16.1. The van der Waals surface area contributed by atoms with Crippen molar-refractivity contribution in [2.45, 2.75) is 92.2 Å².